The molecule has 1 aromatic heterocycles. The molecule has 7 nitrogen and oxygen atoms in total. The summed E-state index contributed by atoms with van der Waals surface area (Å²) in [6.45, 7) is 3.68. The van der Waals surface area contributed by atoms with Crippen molar-refractivity contribution in [3.63, 3.8) is 0 Å². The van der Waals surface area contributed by atoms with Gasteiger partial charge in [-0.05, 0) is 44.2 Å². The molecule has 0 aliphatic carbocycles. The van der Waals surface area contributed by atoms with Gasteiger partial charge in [0.15, 0.2) is 5.60 Å². The largest absolute Gasteiger partial charge is 0.476 e. The van der Waals surface area contributed by atoms with E-state index in [9.17, 15) is 9.59 Å². The van der Waals surface area contributed by atoms with Crippen LogP contribution in [0.15, 0.2) is 42.5 Å². The highest BCUT2D eigenvalue weighted by Gasteiger charge is 2.41. The lowest BCUT2D eigenvalue weighted by molar-refractivity contribution is -0.132. The number of para-hydroxylation sites is 1. The van der Waals surface area contributed by atoms with Gasteiger partial charge in [0, 0.05) is 5.56 Å². The van der Waals surface area contributed by atoms with Crippen molar-refractivity contribution in [2.45, 2.75) is 26.0 Å². The second-order valence-electron chi connectivity index (χ2n) is 6.70. The third-order valence-electron chi connectivity index (χ3n) is 4.37. The summed E-state index contributed by atoms with van der Waals surface area (Å²) >= 11 is 1.52. The first-order valence-electron chi connectivity index (χ1n) is 8.33. The molecular formula is C19H17N3O4S. The van der Waals surface area contributed by atoms with Crippen molar-refractivity contribution in [2.75, 3.05) is 4.90 Å². The molecule has 138 valence electrons. The molecule has 0 saturated carbocycles. The van der Waals surface area contributed by atoms with Gasteiger partial charge in [-0.25, -0.2) is 10.5 Å². The number of anilines is 1. The Balaban J connectivity index is 1.78. The van der Waals surface area contributed by atoms with E-state index in [0.717, 1.165) is 15.2 Å². The first-order valence-corrected chi connectivity index (χ1v) is 9.14. The van der Waals surface area contributed by atoms with Gasteiger partial charge < -0.3 is 4.74 Å². The topological polar surface area (TPSA) is 91.8 Å². The number of hydrogen-bond acceptors (Lipinski definition) is 6. The maximum absolute atomic E-state index is 13.0. The van der Waals surface area contributed by atoms with Gasteiger partial charge in [0.2, 0.25) is 0 Å². The molecule has 1 aliphatic heterocycles. The number of hydrogen-bond donors (Lipinski definition) is 2. The quantitative estimate of drug-likeness (QED) is 0.536. The highest BCUT2D eigenvalue weighted by molar-refractivity contribution is 7.18. The Morgan fingerprint density at radius 3 is 2.81 bits per heavy atom. The van der Waals surface area contributed by atoms with Crippen molar-refractivity contribution in [2.24, 2.45) is 0 Å². The van der Waals surface area contributed by atoms with Gasteiger partial charge in [0.25, 0.3) is 11.8 Å². The van der Waals surface area contributed by atoms with Crippen LogP contribution in [0.5, 0.6) is 5.75 Å². The summed E-state index contributed by atoms with van der Waals surface area (Å²) in [7, 11) is 0. The zero-order valence-electron chi connectivity index (χ0n) is 14.7. The summed E-state index contributed by atoms with van der Waals surface area (Å²) < 4.78 is 6.87. The van der Waals surface area contributed by atoms with Crippen LogP contribution >= 0.6 is 11.3 Å². The Kier molecular flexibility index (Phi) is 4.09. The minimum atomic E-state index is -1.04. The summed E-state index contributed by atoms with van der Waals surface area (Å²) in [6, 6.07) is 12.5. The average Bonchev–Trinajstić information content (AvgIpc) is 3.07. The molecule has 0 atom stereocenters. The van der Waals surface area contributed by atoms with E-state index in [1.165, 1.54) is 23.5 Å². The van der Waals surface area contributed by atoms with Gasteiger partial charge >= 0.3 is 0 Å². The second-order valence-corrected chi connectivity index (χ2v) is 7.82. The van der Waals surface area contributed by atoms with Crippen LogP contribution in [-0.4, -0.2) is 27.6 Å². The minimum Gasteiger partial charge on any atom is -0.476 e. The average molecular weight is 383 g/mol. The van der Waals surface area contributed by atoms with Gasteiger partial charge in [-0.2, -0.15) is 0 Å². The van der Waals surface area contributed by atoms with Crippen LogP contribution < -0.4 is 15.1 Å². The molecule has 0 unspecified atom stereocenters. The van der Waals surface area contributed by atoms with Gasteiger partial charge in [0.05, 0.1) is 22.4 Å². The molecule has 0 radical (unpaired) electrons. The molecule has 2 aromatic carbocycles. The van der Waals surface area contributed by atoms with Crippen LogP contribution in [0.25, 0.3) is 10.2 Å². The maximum Gasteiger partial charge on any atom is 0.274 e. The fraction of sp³-hybridized carbons (Fsp3) is 0.211. The fourth-order valence-corrected chi connectivity index (χ4v) is 4.01. The standard InChI is InChI=1S/C19H17N3O4S/c1-19(2)18(24)22(10-16-20-12-5-3-4-6-15(12)27-16)13-9-11(17(23)21-25)7-8-14(13)26-19/h3-9,25H,10H2,1-2H3,(H,21,23). The predicted octanol–water partition coefficient (Wildman–Crippen LogP) is 3.12. The summed E-state index contributed by atoms with van der Waals surface area (Å²) in [5.41, 5.74) is 2.14. The maximum atomic E-state index is 13.0. The molecule has 2 heterocycles. The van der Waals surface area contributed by atoms with Gasteiger partial charge in [-0.3, -0.25) is 19.7 Å². The normalized spacial score (nSPS) is 15.4. The number of amides is 2. The second kappa shape index (κ2) is 6.33. The van der Waals surface area contributed by atoms with Gasteiger partial charge in [-0.15, -0.1) is 11.3 Å². The summed E-state index contributed by atoms with van der Waals surface area (Å²) in [5, 5.41) is 9.67. The van der Waals surface area contributed by atoms with Crippen LogP contribution in [0.3, 0.4) is 0 Å². The fourth-order valence-electron chi connectivity index (χ4n) is 3.05. The SMILES string of the molecule is CC1(C)Oc2ccc(C(=O)NO)cc2N(Cc2nc3ccccc3s2)C1=O. The number of nitrogens with one attached hydrogen (secondary N) is 1. The molecule has 1 aliphatic rings. The van der Waals surface area contributed by atoms with Crippen LogP contribution in [-0.2, 0) is 11.3 Å². The number of carbonyl (C=O) groups excluding carboxylic acids is 2. The molecule has 0 fully saturated rings. The van der Waals surface area contributed by atoms with E-state index in [4.69, 9.17) is 9.94 Å². The lowest BCUT2D eigenvalue weighted by Crippen LogP contribution is -2.52. The predicted molar refractivity (Wildman–Crippen MR) is 101 cm³/mol. The molecule has 3 aromatic rings. The molecule has 2 amide bonds. The molecule has 2 N–H and O–H groups in total. The number of carbonyl (C=O) groups is 2. The van der Waals surface area contributed by atoms with Gasteiger partial charge in [0.1, 0.15) is 10.8 Å². The van der Waals surface area contributed by atoms with Gasteiger partial charge in [-0.1, -0.05) is 12.1 Å². The number of ether oxygens (including phenoxy) is 1. The van der Waals surface area contributed by atoms with Crippen LogP contribution in [0.1, 0.15) is 29.2 Å². The third-order valence-corrected chi connectivity index (χ3v) is 5.39. The monoisotopic (exact) mass is 383 g/mol. The zero-order valence-corrected chi connectivity index (χ0v) is 15.5. The molecule has 0 saturated heterocycles. The highest BCUT2D eigenvalue weighted by atomic mass is 32.1. The van der Waals surface area contributed by atoms with Crippen molar-refractivity contribution in [1.29, 1.82) is 0 Å². The van der Waals surface area contributed by atoms with Crippen molar-refractivity contribution < 1.29 is 19.5 Å². The number of thiazole rings is 1. The Morgan fingerprint density at radius 2 is 2.07 bits per heavy atom. The molecular weight excluding hydrogens is 366 g/mol. The Morgan fingerprint density at radius 1 is 1.30 bits per heavy atom. The number of hydroxylamine groups is 1. The van der Waals surface area contributed by atoms with E-state index in [-0.39, 0.29) is 18.0 Å². The number of rotatable bonds is 3. The Hall–Kier alpha value is -2.97. The summed E-state index contributed by atoms with van der Waals surface area (Å²) in [4.78, 5) is 31.0. The van der Waals surface area contributed by atoms with E-state index in [0.29, 0.717) is 11.4 Å². The van der Waals surface area contributed by atoms with E-state index >= 15 is 0 Å². The van der Waals surface area contributed by atoms with Crippen LogP contribution in [0.4, 0.5) is 5.69 Å². The van der Waals surface area contributed by atoms with Crippen molar-refractivity contribution in [1.82, 2.24) is 10.5 Å². The first-order chi connectivity index (χ1) is 12.9. The number of benzene rings is 2. The van der Waals surface area contributed by atoms with Crippen LogP contribution in [0, 0.1) is 0 Å². The molecule has 0 spiro atoms. The lowest BCUT2D eigenvalue weighted by Gasteiger charge is -2.38. The Bertz CT molecular complexity index is 1030. The van der Waals surface area contributed by atoms with Crippen molar-refractivity contribution in [3.8, 4) is 5.75 Å². The molecule has 4 rings (SSSR count). The zero-order chi connectivity index (χ0) is 19.2. The summed E-state index contributed by atoms with van der Waals surface area (Å²) in [6.07, 6.45) is 0. The van der Waals surface area contributed by atoms with E-state index < -0.39 is 11.5 Å². The molecule has 8 heteroatoms. The number of aromatic nitrogens is 1. The first kappa shape index (κ1) is 17.4. The lowest BCUT2D eigenvalue weighted by atomic mass is 10.0. The van der Waals surface area contributed by atoms with E-state index in [1.807, 2.05) is 24.3 Å². The number of nitrogens with zero attached hydrogens (tertiary/aromatic N) is 2. The van der Waals surface area contributed by atoms with E-state index in [1.54, 1.807) is 30.3 Å². The molecule has 0 bridgehead atoms. The minimum absolute atomic E-state index is 0.224. The molecule has 27 heavy (non-hydrogen) atoms. The van der Waals surface area contributed by atoms with E-state index in [2.05, 4.69) is 4.98 Å². The third kappa shape index (κ3) is 3.02. The van der Waals surface area contributed by atoms with Crippen molar-refractivity contribution >= 4 is 39.1 Å². The van der Waals surface area contributed by atoms with Crippen LogP contribution in [0.2, 0.25) is 0 Å². The highest BCUT2D eigenvalue weighted by Crippen LogP contribution is 2.39. The smallest absolute Gasteiger partial charge is 0.274 e. The summed E-state index contributed by atoms with van der Waals surface area (Å²) in [5.74, 6) is -0.388. The Labute approximate surface area is 159 Å². The number of fused-ring (bicyclic) bond motifs is 2. The van der Waals surface area contributed by atoms with Crippen molar-refractivity contribution in [3.05, 3.63) is 53.0 Å².